The molecule has 0 bridgehead atoms. The van der Waals surface area contributed by atoms with Gasteiger partial charge in [0, 0.05) is 11.1 Å². The zero-order valence-corrected chi connectivity index (χ0v) is 11.6. The molecule has 20 heavy (non-hydrogen) atoms. The van der Waals surface area contributed by atoms with E-state index < -0.39 is 5.60 Å². The van der Waals surface area contributed by atoms with Gasteiger partial charge in [0.05, 0.1) is 0 Å². The van der Waals surface area contributed by atoms with Crippen LogP contribution in [0.25, 0.3) is 0 Å². The lowest BCUT2D eigenvalue weighted by molar-refractivity contribution is -0.120. The van der Waals surface area contributed by atoms with Crippen molar-refractivity contribution in [3.8, 4) is 0 Å². The zero-order valence-electron chi connectivity index (χ0n) is 11.6. The smallest absolute Gasteiger partial charge is 0.193 e. The van der Waals surface area contributed by atoms with E-state index >= 15 is 0 Å². The maximum Gasteiger partial charge on any atom is 0.193 e. The van der Waals surface area contributed by atoms with Gasteiger partial charge in [-0.1, -0.05) is 60.7 Å². The minimum atomic E-state index is -1.14. The number of hydrogen-bond acceptors (Lipinski definition) is 3. The van der Waals surface area contributed by atoms with E-state index in [9.17, 15) is 9.59 Å². The predicted octanol–water partition coefficient (Wildman–Crippen LogP) is 2.87. The molecule has 3 heteroatoms. The van der Waals surface area contributed by atoms with Gasteiger partial charge < -0.3 is 9.90 Å². The van der Waals surface area contributed by atoms with Crippen molar-refractivity contribution >= 4 is 12.1 Å². The van der Waals surface area contributed by atoms with Crippen LogP contribution < -0.4 is 0 Å². The van der Waals surface area contributed by atoms with E-state index in [-0.39, 0.29) is 5.78 Å². The van der Waals surface area contributed by atoms with Crippen LogP contribution in [0, 0.1) is 0 Å². The molecule has 2 aromatic rings. The molecule has 0 aliphatic carbocycles. The van der Waals surface area contributed by atoms with E-state index in [0.29, 0.717) is 6.29 Å². The molecule has 0 heterocycles. The first kappa shape index (κ1) is 15.8. The number of ketones is 1. The number of carbonyl (C=O) groups is 2. The topological polar surface area (TPSA) is 54.4 Å². The molecular weight excluding hydrogens is 252 g/mol. The first-order valence-corrected chi connectivity index (χ1v) is 6.27. The molecule has 0 aliphatic heterocycles. The minimum absolute atomic E-state index is 0.0752. The summed E-state index contributed by atoms with van der Waals surface area (Å²) in [6, 6.07) is 18.6. The van der Waals surface area contributed by atoms with E-state index in [1.54, 1.807) is 0 Å². The Kier molecular flexibility index (Phi) is 5.81. The van der Waals surface area contributed by atoms with Crippen molar-refractivity contribution in [2.45, 2.75) is 19.4 Å². The molecule has 0 saturated heterocycles. The average molecular weight is 270 g/mol. The second-order valence-corrected chi connectivity index (χ2v) is 4.83. The first-order valence-electron chi connectivity index (χ1n) is 6.27. The Labute approximate surface area is 118 Å². The second-order valence-electron chi connectivity index (χ2n) is 4.83. The van der Waals surface area contributed by atoms with E-state index in [4.69, 9.17) is 5.11 Å². The summed E-state index contributed by atoms with van der Waals surface area (Å²) in [6.07, 6.45) is 0.493. The molecule has 2 rings (SSSR count). The maximum absolute atomic E-state index is 11.8. The lowest BCUT2D eigenvalue weighted by Gasteiger charge is -2.02. The summed E-state index contributed by atoms with van der Waals surface area (Å²) in [5.74, 6) is 0.0752. The fourth-order valence-corrected chi connectivity index (χ4v) is 1.35. The Bertz CT molecular complexity index is 498. The molecule has 0 aromatic heterocycles. The number of hydrogen-bond donors (Lipinski definition) is 1. The van der Waals surface area contributed by atoms with Crippen molar-refractivity contribution in [2.75, 3.05) is 0 Å². The summed E-state index contributed by atoms with van der Waals surface area (Å²) >= 11 is 0. The predicted molar refractivity (Wildman–Crippen MR) is 78.7 cm³/mol. The Morgan fingerprint density at radius 1 is 0.900 bits per heavy atom. The summed E-state index contributed by atoms with van der Waals surface area (Å²) in [5, 5.41) is 8.46. The molecule has 0 amide bonds. The normalized spacial score (nSPS) is 10.2. The van der Waals surface area contributed by atoms with Crippen LogP contribution in [-0.4, -0.2) is 22.8 Å². The van der Waals surface area contributed by atoms with Gasteiger partial charge in [-0.25, -0.2) is 0 Å². The van der Waals surface area contributed by atoms with E-state index in [2.05, 4.69) is 0 Å². The highest BCUT2D eigenvalue weighted by atomic mass is 16.3. The quantitative estimate of drug-likeness (QED) is 0.689. The van der Waals surface area contributed by atoms with E-state index in [0.717, 1.165) is 11.1 Å². The van der Waals surface area contributed by atoms with Crippen LogP contribution in [0.3, 0.4) is 0 Å². The third kappa shape index (κ3) is 5.59. The number of aliphatic hydroxyl groups is 1. The molecule has 0 atom stereocenters. The highest BCUT2D eigenvalue weighted by Crippen LogP contribution is 2.08. The zero-order chi connectivity index (χ0) is 15.0. The van der Waals surface area contributed by atoms with Crippen LogP contribution in [-0.2, 0) is 4.79 Å². The molecule has 2 aromatic carbocycles. The molecule has 0 saturated carbocycles. The molecule has 3 nitrogen and oxygen atoms in total. The summed E-state index contributed by atoms with van der Waals surface area (Å²) in [4.78, 5) is 21.4. The second kappa shape index (κ2) is 7.36. The van der Waals surface area contributed by atoms with Crippen LogP contribution in [0.2, 0.25) is 0 Å². The monoisotopic (exact) mass is 270 g/mol. The number of carbonyl (C=O) groups excluding carboxylic acids is 2. The van der Waals surface area contributed by atoms with Crippen molar-refractivity contribution in [3.05, 3.63) is 71.8 Å². The van der Waals surface area contributed by atoms with Crippen LogP contribution >= 0.6 is 0 Å². The van der Waals surface area contributed by atoms with Gasteiger partial charge in [-0.15, -0.1) is 0 Å². The number of benzene rings is 2. The molecule has 0 radical (unpaired) electrons. The van der Waals surface area contributed by atoms with Gasteiger partial charge in [0.1, 0.15) is 5.60 Å². The average Bonchev–Trinajstić information content (AvgIpc) is 2.48. The third-order valence-electron chi connectivity index (χ3n) is 2.36. The van der Waals surface area contributed by atoms with Crippen LogP contribution in [0.4, 0.5) is 0 Å². The van der Waals surface area contributed by atoms with Crippen LogP contribution in [0.15, 0.2) is 60.7 Å². The molecule has 0 unspecified atom stereocenters. The first-order chi connectivity index (χ1) is 9.44. The lowest BCUT2D eigenvalue weighted by Crippen LogP contribution is -2.19. The van der Waals surface area contributed by atoms with Gasteiger partial charge in [0.15, 0.2) is 12.1 Å². The lowest BCUT2D eigenvalue weighted by atomic mass is 10.0. The van der Waals surface area contributed by atoms with Crippen molar-refractivity contribution in [1.82, 2.24) is 0 Å². The minimum Gasteiger partial charge on any atom is -0.383 e. The largest absolute Gasteiger partial charge is 0.383 e. The SMILES string of the molecule is CC(C)(O)C=O.O=C(c1ccccc1)c1ccccc1. The molecular formula is C17H18O3. The van der Waals surface area contributed by atoms with Crippen LogP contribution in [0.1, 0.15) is 29.8 Å². The van der Waals surface area contributed by atoms with Crippen molar-refractivity contribution in [1.29, 1.82) is 0 Å². The Morgan fingerprint density at radius 3 is 1.45 bits per heavy atom. The van der Waals surface area contributed by atoms with Gasteiger partial charge in [0.25, 0.3) is 0 Å². The standard InChI is InChI=1S/C13H10O.C4H8O2/c14-13(11-7-3-1-4-8-11)12-9-5-2-6-10-12;1-4(2,6)3-5/h1-10H;3,6H,1-2H3. The Morgan fingerprint density at radius 2 is 1.20 bits per heavy atom. The molecule has 104 valence electrons. The highest BCUT2D eigenvalue weighted by molar-refractivity contribution is 6.08. The summed E-state index contributed by atoms with van der Waals surface area (Å²) < 4.78 is 0. The van der Waals surface area contributed by atoms with Gasteiger partial charge in [0.2, 0.25) is 0 Å². The van der Waals surface area contributed by atoms with Crippen LogP contribution in [0.5, 0.6) is 0 Å². The Hall–Kier alpha value is -2.26. The fraction of sp³-hybridized carbons (Fsp3) is 0.176. The van der Waals surface area contributed by atoms with Crippen molar-refractivity contribution < 1.29 is 14.7 Å². The van der Waals surface area contributed by atoms with Crippen molar-refractivity contribution in [2.24, 2.45) is 0 Å². The summed E-state index contributed by atoms with van der Waals surface area (Å²) in [5.41, 5.74) is 0.331. The Balaban J connectivity index is 0.000000286. The molecule has 0 aliphatic rings. The fourth-order valence-electron chi connectivity index (χ4n) is 1.35. The van der Waals surface area contributed by atoms with E-state index in [1.807, 2.05) is 60.7 Å². The number of aldehydes is 1. The number of rotatable bonds is 3. The molecule has 0 spiro atoms. The summed E-state index contributed by atoms with van der Waals surface area (Å²) in [7, 11) is 0. The van der Waals surface area contributed by atoms with Gasteiger partial charge in [-0.3, -0.25) is 4.79 Å². The van der Waals surface area contributed by atoms with Crippen molar-refractivity contribution in [3.63, 3.8) is 0 Å². The van der Waals surface area contributed by atoms with E-state index in [1.165, 1.54) is 13.8 Å². The van der Waals surface area contributed by atoms with Gasteiger partial charge in [-0.05, 0) is 13.8 Å². The molecule has 1 N–H and O–H groups in total. The van der Waals surface area contributed by atoms with Gasteiger partial charge >= 0.3 is 0 Å². The summed E-state index contributed by atoms with van der Waals surface area (Å²) in [6.45, 7) is 2.86. The third-order valence-corrected chi connectivity index (χ3v) is 2.36. The van der Waals surface area contributed by atoms with Gasteiger partial charge in [-0.2, -0.15) is 0 Å². The highest BCUT2D eigenvalue weighted by Gasteiger charge is 2.07. The maximum atomic E-state index is 11.8. The molecule has 0 fully saturated rings.